The molecule has 1 heterocycles. The van der Waals surface area contributed by atoms with Gasteiger partial charge in [-0.1, -0.05) is 37.5 Å². The molecule has 0 saturated heterocycles. The van der Waals surface area contributed by atoms with Gasteiger partial charge < -0.3 is 14.6 Å². The molecule has 1 fully saturated rings. The summed E-state index contributed by atoms with van der Waals surface area (Å²) in [5, 5.41) is 5.13. The molecule has 0 spiro atoms. The van der Waals surface area contributed by atoms with E-state index in [0.29, 0.717) is 11.4 Å². The molecule has 1 aliphatic carbocycles. The number of aromatic nitrogens is 1. The number of para-hydroxylation sites is 1. The number of benzene rings is 3. The first-order valence-electron chi connectivity index (χ1n) is 12.5. The zero-order chi connectivity index (χ0) is 25.1. The lowest BCUT2D eigenvalue weighted by Gasteiger charge is -2.22. The maximum atomic E-state index is 12.7. The summed E-state index contributed by atoms with van der Waals surface area (Å²) in [6.45, 7) is 2.80. The Morgan fingerprint density at radius 3 is 2.42 bits per heavy atom. The number of carbonyl (C=O) groups excluding carboxylic acids is 1. The van der Waals surface area contributed by atoms with E-state index in [2.05, 4.69) is 33.7 Å². The second-order valence-electron chi connectivity index (χ2n) is 9.26. The van der Waals surface area contributed by atoms with Crippen LogP contribution in [0.25, 0.3) is 21.8 Å². The minimum atomic E-state index is -3.57. The first kappa shape index (κ1) is 24.3. The predicted molar refractivity (Wildman–Crippen MR) is 143 cm³/mol. The van der Waals surface area contributed by atoms with E-state index >= 15 is 0 Å². The Bertz CT molecular complexity index is 1490. The first-order valence-corrected chi connectivity index (χ1v) is 14.0. The van der Waals surface area contributed by atoms with Gasteiger partial charge in [-0.2, -0.15) is 0 Å². The molecular formula is C28H31N3O4S. The Morgan fingerprint density at radius 2 is 1.67 bits per heavy atom. The Hall–Kier alpha value is -3.36. The summed E-state index contributed by atoms with van der Waals surface area (Å²) in [4.78, 5) is 12.7. The number of anilines is 1. The van der Waals surface area contributed by atoms with Crippen LogP contribution in [0, 0.1) is 0 Å². The van der Waals surface area contributed by atoms with Crippen molar-refractivity contribution >= 4 is 43.4 Å². The van der Waals surface area contributed by atoms with Gasteiger partial charge in [-0.15, -0.1) is 0 Å². The van der Waals surface area contributed by atoms with Crippen molar-refractivity contribution in [1.82, 2.24) is 9.29 Å². The minimum absolute atomic E-state index is 0.00103. The molecule has 1 amide bonds. The van der Waals surface area contributed by atoms with Crippen LogP contribution in [0.4, 0.5) is 5.69 Å². The van der Waals surface area contributed by atoms with Gasteiger partial charge in [-0.3, -0.25) is 4.79 Å². The van der Waals surface area contributed by atoms with Crippen molar-refractivity contribution in [3.8, 4) is 5.75 Å². The van der Waals surface area contributed by atoms with Crippen molar-refractivity contribution in [3.63, 3.8) is 0 Å². The van der Waals surface area contributed by atoms with Gasteiger partial charge in [0.25, 0.3) is 5.91 Å². The highest BCUT2D eigenvalue weighted by Gasteiger charge is 2.22. The predicted octanol–water partition coefficient (Wildman–Crippen LogP) is 5.44. The second-order valence-corrected chi connectivity index (χ2v) is 11.0. The molecule has 188 valence electrons. The summed E-state index contributed by atoms with van der Waals surface area (Å²) < 4.78 is 36.0. The van der Waals surface area contributed by atoms with Crippen molar-refractivity contribution in [1.29, 1.82) is 0 Å². The fourth-order valence-corrected chi connectivity index (χ4v) is 6.35. The normalized spacial score (nSPS) is 14.8. The van der Waals surface area contributed by atoms with E-state index in [1.165, 1.54) is 17.6 Å². The lowest BCUT2D eigenvalue weighted by atomic mass is 9.96. The summed E-state index contributed by atoms with van der Waals surface area (Å²) in [5.41, 5.74) is 2.99. The summed E-state index contributed by atoms with van der Waals surface area (Å²) in [5.74, 6) is 0.146. The molecule has 0 radical (unpaired) electrons. The molecule has 0 aliphatic heterocycles. The van der Waals surface area contributed by atoms with Crippen LogP contribution in [0.1, 0.15) is 39.0 Å². The molecule has 0 atom stereocenters. The fraction of sp³-hybridized carbons (Fsp3) is 0.321. The van der Waals surface area contributed by atoms with Gasteiger partial charge in [-0.25, -0.2) is 13.1 Å². The molecule has 1 saturated carbocycles. The summed E-state index contributed by atoms with van der Waals surface area (Å²) >= 11 is 0. The molecule has 7 nitrogen and oxygen atoms in total. The van der Waals surface area contributed by atoms with Crippen LogP contribution in [0.2, 0.25) is 0 Å². The molecule has 36 heavy (non-hydrogen) atoms. The highest BCUT2D eigenvalue weighted by molar-refractivity contribution is 7.89. The smallest absolute Gasteiger partial charge is 0.262 e. The van der Waals surface area contributed by atoms with Gasteiger partial charge in [0.15, 0.2) is 6.61 Å². The quantitative estimate of drug-likeness (QED) is 0.334. The minimum Gasteiger partial charge on any atom is -0.484 e. The molecule has 1 aromatic heterocycles. The van der Waals surface area contributed by atoms with Crippen molar-refractivity contribution in [2.45, 2.75) is 56.5 Å². The number of fused-ring (bicyclic) bond motifs is 3. The average molecular weight is 506 g/mol. The lowest BCUT2D eigenvalue weighted by molar-refractivity contribution is -0.118. The molecular weight excluding hydrogens is 474 g/mol. The van der Waals surface area contributed by atoms with Gasteiger partial charge in [0.1, 0.15) is 5.75 Å². The van der Waals surface area contributed by atoms with E-state index in [4.69, 9.17) is 4.74 Å². The number of nitrogens with zero attached hydrogens (tertiary/aromatic N) is 1. The van der Waals surface area contributed by atoms with Crippen LogP contribution >= 0.6 is 0 Å². The topological polar surface area (TPSA) is 89.4 Å². The van der Waals surface area contributed by atoms with Crippen LogP contribution in [0.3, 0.4) is 0 Å². The average Bonchev–Trinajstić information content (AvgIpc) is 3.21. The summed E-state index contributed by atoms with van der Waals surface area (Å²) in [6.07, 6.45) is 5.03. The maximum Gasteiger partial charge on any atom is 0.262 e. The zero-order valence-corrected chi connectivity index (χ0v) is 21.2. The lowest BCUT2D eigenvalue weighted by Crippen LogP contribution is -2.36. The number of nitrogens with one attached hydrogen (secondary N) is 2. The molecule has 4 aromatic rings. The van der Waals surface area contributed by atoms with Gasteiger partial charge in [0.2, 0.25) is 10.0 Å². The Morgan fingerprint density at radius 1 is 0.944 bits per heavy atom. The molecule has 1 aliphatic rings. The van der Waals surface area contributed by atoms with Gasteiger partial charge in [0.05, 0.1) is 4.90 Å². The van der Waals surface area contributed by atoms with Gasteiger partial charge in [-0.05, 0) is 68.3 Å². The summed E-state index contributed by atoms with van der Waals surface area (Å²) in [7, 11) is -3.57. The fourth-order valence-electron chi connectivity index (χ4n) is 5.04. The standard InChI is InChI=1S/C28H31N3O4S/c1-2-31-26-11-7-6-10-24(26)25-18-21(12-17-27(25)31)29-28(32)19-35-22-13-15-23(16-14-22)36(33,34)30-20-8-4-3-5-9-20/h6-7,10-18,20,30H,2-5,8-9,19H2,1H3,(H,29,32). The van der Waals surface area contributed by atoms with E-state index in [1.807, 2.05) is 30.3 Å². The van der Waals surface area contributed by atoms with Gasteiger partial charge >= 0.3 is 0 Å². The van der Waals surface area contributed by atoms with Crippen LogP contribution in [0.5, 0.6) is 5.75 Å². The molecule has 2 N–H and O–H groups in total. The van der Waals surface area contributed by atoms with Gasteiger partial charge in [0, 0.05) is 40.1 Å². The Labute approximate surface area is 211 Å². The number of rotatable bonds is 8. The number of hydrogen-bond acceptors (Lipinski definition) is 4. The number of ether oxygens (including phenoxy) is 1. The van der Waals surface area contributed by atoms with Crippen LogP contribution in [0.15, 0.2) is 71.6 Å². The third-order valence-electron chi connectivity index (χ3n) is 6.80. The molecule has 0 bridgehead atoms. The molecule has 8 heteroatoms. The molecule has 0 unspecified atom stereocenters. The highest BCUT2D eigenvalue weighted by Crippen LogP contribution is 2.31. The first-order chi connectivity index (χ1) is 17.4. The third-order valence-corrected chi connectivity index (χ3v) is 8.34. The molecule has 3 aromatic carbocycles. The Kier molecular flexibility index (Phi) is 6.98. The van der Waals surface area contributed by atoms with E-state index in [0.717, 1.165) is 54.9 Å². The van der Waals surface area contributed by atoms with Crippen molar-refractivity contribution in [3.05, 3.63) is 66.7 Å². The van der Waals surface area contributed by atoms with Crippen molar-refractivity contribution < 1.29 is 17.9 Å². The van der Waals surface area contributed by atoms with E-state index < -0.39 is 10.0 Å². The third kappa shape index (κ3) is 5.10. The van der Waals surface area contributed by atoms with E-state index in [-0.39, 0.29) is 23.5 Å². The molecule has 5 rings (SSSR count). The van der Waals surface area contributed by atoms with Crippen LogP contribution < -0.4 is 14.8 Å². The van der Waals surface area contributed by atoms with Crippen LogP contribution in [-0.2, 0) is 21.4 Å². The number of hydrogen-bond donors (Lipinski definition) is 2. The Balaban J connectivity index is 1.21. The highest BCUT2D eigenvalue weighted by atomic mass is 32.2. The SMILES string of the molecule is CCn1c2ccccc2c2cc(NC(=O)COc3ccc(S(=O)(=O)NC4CCCCC4)cc3)ccc21. The number of sulfonamides is 1. The van der Waals surface area contributed by atoms with Crippen molar-refractivity contribution in [2.75, 3.05) is 11.9 Å². The largest absolute Gasteiger partial charge is 0.484 e. The number of carbonyl (C=O) groups is 1. The number of aryl methyl sites for hydroxylation is 1. The number of amides is 1. The summed E-state index contributed by atoms with van der Waals surface area (Å²) in [6, 6.07) is 20.3. The second kappa shape index (κ2) is 10.3. The van der Waals surface area contributed by atoms with E-state index in [9.17, 15) is 13.2 Å². The zero-order valence-electron chi connectivity index (χ0n) is 20.4. The van der Waals surface area contributed by atoms with E-state index in [1.54, 1.807) is 12.1 Å². The van der Waals surface area contributed by atoms with Crippen molar-refractivity contribution in [2.24, 2.45) is 0 Å². The van der Waals surface area contributed by atoms with Crippen LogP contribution in [-0.4, -0.2) is 31.5 Å². The monoisotopic (exact) mass is 505 g/mol. The maximum absolute atomic E-state index is 12.7.